The smallest absolute Gasteiger partial charge is 0.399 e. The first-order chi connectivity index (χ1) is 15.3. The molecule has 33 heavy (non-hydrogen) atoms. The molecule has 0 amide bonds. The molecule has 0 aromatic carbocycles. The van der Waals surface area contributed by atoms with Crippen LogP contribution < -0.4 is 5.46 Å². The summed E-state index contributed by atoms with van der Waals surface area (Å²) in [4.78, 5) is 28.2. The van der Waals surface area contributed by atoms with E-state index in [1.807, 2.05) is 54.7 Å². The molecule has 2 aromatic heterocycles. The van der Waals surface area contributed by atoms with Crippen LogP contribution in [-0.4, -0.2) is 44.9 Å². The molecule has 3 heterocycles. The number of esters is 2. The molecule has 0 saturated carbocycles. The van der Waals surface area contributed by atoms with Crippen molar-refractivity contribution < 1.29 is 23.6 Å². The highest BCUT2D eigenvalue weighted by molar-refractivity contribution is 6.62. The van der Waals surface area contributed by atoms with Crippen molar-refractivity contribution in [2.75, 3.05) is 0 Å². The summed E-state index contributed by atoms with van der Waals surface area (Å²) in [5.74, 6) is -0.711. The third kappa shape index (κ3) is 5.46. The number of aromatic nitrogens is 3. The molecule has 0 aliphatic carbocycles. The molecule has 0 N–H and O–H groups in total. The average Bonchev–Trinajstić information content (AvgIpc) is 3.24. The van der Waals surface area contributed by atoms with E-state index >= 15 is 0 Å². The number of nitrogens with zero attached hydrogens (tertiary/aromatic N) is 3. The quantitative estimate of drug-likeness (QED) is 0.340. The highest BCUT2D eigenvalue weighted by atomic mass is 16.7. The van der Waals surface area contributed by atoms with E-state index in [1.165, 1.54) is 0 Å². The van der Waals surface area contributed by atoms with Crippen LogP contribution >= 0.6 is 0 Å². The zero-order valence-electron chi connectivity index (χ0n) is 21.1. The molecule has 2 atom stereocenters. The third-order valence-corrected chi connectivity index (χ3v) is 6.89. The summed E-state index contributed by atoms with van der Waals surface area (Å²) in [7, 11) is -0.522. The minimum atomic E-state index is -0.555. The van der Waals surface area contributed by atoms with Crippen LogP contribution in [0.1, 0.15) is 78.4 Å². The van der Waals surface area contributed by atoms with Crippen molar-refractivity contribution in [3.05, 3.63) is 23.7 Å². The molecule has 8 nitrogen and oxygen atoms in total. The summed E-state index contributed by atoms with van der Waals surface area (Å²) in [5, 5.41) is 4.28. The molecule has 1 saturated heterocycles. The zero-order chi connectivity index (χ0) is 24.6. The van der Waals surface area contributed by atoms with Crippen LogP contribution in [0.25, 0.3) is 5.65 Å². The fraction of sp³-hybridized carbons (Fsp3) is 0.667. The molecule has 0 radical (unpaired) electrons. The number of hydrogen-bond donors (Lipinski definition) is 0. The highest BCUT2D eigenvalue weighted by Crippen LogP contribution is 2.41. The zero-order valence-corrected chi connectivity index (χ0v) is 21.1. The molecule has 180 valence electrons. The minimum Gasteiger partial charge on any atom is -0.399 e. The largest absolute Gasteiger partial charge is 0.496 e. The van der Waals surface area contributed by atoms with E-state index in [0.29, 0.717) is 6.42 Å². The van der Waals surface area contributed by atoms with Crippen LogP contribution in [0.2, 0.25) is 0 Å². The molecule has 9 heteroatoms. The van der Waals surface area contributed by atoms with Crippen molar-refractivity contribution in [3.63, 3.8) is 0 Å². The van der Waals surface area contributed by atoms with Crippen molar-refractivity contribution in [1.29, 1.82) is 0 Å². The third-order valence-electron chi connectivity index (χ3n) is 6.89. The predicted molar refractivity (Wildman–Crippen MR) is 126 cm³/mol. The number of carbonyl (C=O) groups is 2. The van der Waals surface area contributed by atoms with E-state index in [4.69, 9.17) is 14.0 Å². The monoisotopic (exact) mass is 457 g/mol. The van der Waals surface area contributed by atoms with E-state index in [1.54, 1.807) is 10.8 Å². The molecular weight excluding hydrogens is 421 g/mol. The van der Waals surface area contributed by atoms with Crippen LogP contribution in [0.4, 0.5) is 0 Å². The molecule has 3 rings (SSSR count). The van der Waals surface area contributed by atoms with Crippen molar-refractivity contribution in [3.8, 4) is 0 Å². The molecule has 0 bridgehead atoms. The van der Waals surface area contributed by atoms with Crippen LogP contribution in [0.3, 0.4) is 0 Å². The Hall–Kier alpha value is -2.26. The molecule has 1 fully saturated rings. The van der Waals surface area contributed by atoms with Gasteiger partial charge in [0.25, 0.3) is 0 Å². The van der Waals surface area contributed by atoms with Crippen molar-refractivity contribution in [2.24, 2.45) is 11.8 Å². The van der Waals surface area contributed by atoms with Gasteiger partial charge >= 0.3 is 19.1 Å². The Morgan fingerprint density at radius 1 is 1.09 bits per heavy atom. The number of rotatable bonds is 8. The first-order valence-corrected chi connectivity index (χ1v) is 11.7. The lowest BCUT2D eigenvalue weighted by atomic mass is 9.76. The molecule has 1 aliphatic heterocycles. The average molecular weight is 457 g/mol. The van der Waals surface area contributed by atoms with Gasteiger partial charge in [0, 0.05) is 24.5 Å². The number of fused-ring (bicyclic) bond motifs is 1. The Kier molecular flexibility index (Phi) is 7.34. The van der Waals surface area contributed by atoms with Gasteiger partial charge in [0.1, 0.15) is 6.33 Å². The number of aryl methyl sites for hydroxylation is 1. The lowest BCUT2D eigenvalue weighted by molar-refractivity contribution is -0.160. The molecule has 0 spiro atoms. The summed E-state index contributed by atoms with van der Waals surface area (Å²) < 4.78 is 19.6. The maximum absolute atomic E-state index is 12.1. The Morgan fingerprint density at radius 2 is 1.76 bits per heavy atom. The van der Waals surface area contributed by atoms with Gasteiger partial charge in [-0.25, -0.2) is 9.50 Å². The normalized spacial score (nSPS) is 21.1. The number of pyridine rings is 1. The Balaban J connectivity index is 1.65. The summed E-state index contributed by atoms with van der Waals surface area (Å²) >= 11 is 0. The maximum atomic E-state index is 12.1. The van der Waals surface area contributed by atoms with Gasteiger partial charge in [-0.3, -0.25) is 9.59 Å². The molecular formula is C24H36BN3O5. The number of carbonyl (C=O) groups excluding carboxylic acids is 2. The van der Waals surface area contributed by atoms with Gasteiger partial charge in [-0.05, 0) is 70.4 Å². The van der Waals surface area contributed by atoms with Crippen LogP contribution in [-0.2, 0) is 23.6 Å². The topological polar surface area (TPSA) is 92.0 Å². The summed E-state index contributed by atoms with van der Waals surface area (Å²) in [5.41, 5.74) is 2.78. The van der Waals surface area contributed by atoms with Crippen molar-refractivity contribution in [2.45, 2.75) is 92.3 Å². The van der Waals surface area contributed by atoms with E-state index < -0.39 is 30.3 Å². The maximum Gasteiger partial charge on any atom is 0.496 e. The van der Waals surface area contributed by atoms with Gasteiger partial charge < -0.3 is 14.0 Å². The van der Waals surface area contributed by atoms with E-state index in [-0.39, 0.29) is 24.7 Å². The standard InChI is InChI=1S/C24H36BN3O5/c1-15(2)11-20(29)31-21(30)12-16(3)9-10-24(8)23(6,7)32-25(33-24)19-13-28-22(26-14-27-28)18(5)17(19)4/h13-16H,9-12H2,1-8H3. The fourth-order valence-electron chi connectivity index (χ4n) is 4.20. The minimum absolute atomic E-state index is 0.0510. The van der Waals surface area contributed by atoms with E-state index in [9.17, 15) is 9.59 Å². The van der Waals surface area contributed by atoms with Crippen LogP contribution in [0.5, 0.6) is 0 Å². The van der Waals surface area contributed by atoms with Gasteiger partial charge in [-0.1, -0.05) is 20.8 Å². The summed E-state index contributed by atoms with van der Waals surface area (Å²) in [6.45, 7) is 16.0. The Morgan fingerprint density at radius 3 is 2.42 bits per heavy atom. The first-order valence-electron chi connectivity index (χ1n) is 11.7. The van der Waals surface area contributed by atoms with Gasteiger partial charge in [-0.15, -0.1) is 0 Å². The summed E-state index contributed by atoms with van der Waals surface area (Å²) in [6.07, 6.45) is 5.35. The van der Waals surface area contributed by atoms with Crippen LogP contribution in [0.15, 0.2) is 12.5 Å². The highest BCUT2D eigenvalue weighted by Gasteiger charge is 2.54. The second kappa shape index (κ2) is 9.54. The van der Waals surface area contributed by atoms with Gasteiger partial charge in [-0.2, -0.15) is 5.10 Å². The lowest BCUT2D eigenvalue weighted by Crippen LogP contribution is -2.45. The second-order valence-corrected chi connectivity index (χ2v) is 10.5. The number of ether oxygens (including phenoxy) is 1. The lowest BCUT2D eigenvalue weighted by Gasteiger charge is -2.37. The Bertz CT molecular complexity index is 1030. The fourth-order valence-corrected chi connectivity index (χ4v) is 4.20. The van der Waals surface area contributed by atoms with Gasteiger partial charge in [0.2, 0.25) is 0 Å². The number of hydrogen-bond acceptors (Lipinski definition) is 7. The van der Waals surface area contributed by atoms with Crippen LogP contribution in [0, 0.1) is 25.7 Å². The van der Waals surface area contributed by atoms with E-state index in [2.05, 4.69) is 17.0 Å². The van der Waals surface area contributed by atoms with Gasteiger partial charge in [0.15, 0.2) is 5.65 Å². The first kappa shape index (κ1) is 25.4. The second-order valence-electron chi connectivity index (χ2n) is 10.5. The SMILES string of the molecule is Cc1c(B2OC(C)(C)C(C)(CCC(C)CC(=O)OC(=O)CC(C)C)O2)cn2ncnc2c1C. The van der Waals surface area contributed by atoms with E-state index in [0.717, 1.165) is 28.7 Å². The summed E-state index contributed by atoms with van der Waals surface area (Å²) in [6, 6.07) is 0. The van der Waals surface area contributed by atoms with Crippen molar-refractivity contribution >= 4 is 30.2 Å². The Labute approximate surface area is 196 Å². The molecule has 1 aliphatic rings. The predicted octanol–water partition coefficient (Wildman–Crippen LogP) is 3.55. The molecule has 2 aromatic rings. The molecule has 2 unspecified atom stereocenters. The van der Waals surface area contributed by atoms with Crippen molar-refractivity contribution in [1.82, 2.24) is 14.6 Å². The van der Waals surface area contributed by atoms with Gasteiger partial charge in [0.05, 0.1) is 11.2 Å².